The lowest BCUT2D eigenvalue weighted by molar-refractivity contribution is -0.153. The molecule has 2 aliphatic heterocycles. The lowest BCUT2D eigenvalue weighted by Gasteiger charge is -2.36. The first-order valence-corrected chi connectivity index (χ1v) is 8.17. The van der Waals surface area contributed by atoms with Gasteiger partial charge in [0.1, 0.15) is 0 Å². The molecule has 0 aromatic rings. The number of amides is 2. The van der Waals surface area contributed by atoms with Gasteiger partial charge in [-0.1, -0.05) is 0 Å². The quantitative estimate of drug-likeness (QED) is 0.689. The zero-order chi connectivity index (χ0) is 14.8. The molecule has 3 aliphatic rings. The van der Waals surface area contributed by atoms with Gasteiger partial charge < -0.3 is 15.1 Å². The van der Waals surface area contributed by atoms with Crippen molar-refractivity contribution >= 4 is 11.8 Å². The van der Waals surface area contributed by atoms with Crippen LogP contribution in [0.2, 0.25) is 0 Å². The molecule has 0 aromatic heterocycles. The number of hydrogen-bond donors (Lipinski definition) is 1. The second-order valence-corrected chi connectivity index (χ2v) is 6.64. The maximum Gasteiger partial charge on any atom is 0.312 e. The van der Waals surface area contributed by atoms with Crippen LogP contribution in [-0.2, 0) is 9.59 Å². The summed E-state index contributed by atoms with van der Waals surface area (Å²) in [6, 6.07) is 0.269. The molecule has 0 spiro atoms. The number of nitrogens with zero attached hydrogens (tertiary/aromatic N) is 3. The molecule has 1 aliphatic carbocycles. The van der Waals surface area contributed by atoms with Gasteiger partial charge in [-0.3, -0.25) is 14.5 Å². The Morgan fingerprint density at radius 3 is 2.29 bits per heavy atom. The van der Waals surface area contributed by atoms with Gasteiger partial charge in [0, 0.05) is 58.4 Å². The highest BCUT2D eigenvalue weighted by Gasteiger charge is 2.32. The highest BCUT2D eigenvalue weighted by molar-refractivity contribution is 6.34. The molecule has 3 rings (SSSR count). The summed E-state index contributed by atoms with van der Waals surface area (Å²) in [6.07, 6.45) is 2.72. The van der Waals surface area contributed by atoms with E-state index in [1.54, 1.807) is 9.80 Å². The van der Waals surface area contributed by atoms with Crippen molar-refractivity contribution in [2.45, 2.75) is 25.8 Å². The fraction of sp³-hybridized carbons (Fsp3) is 0.867. The molecule has 0 aromatic carbocycles. The number of carbonyl (C=O) groups is 2. The standard InChI is InChI=1S/C15H26N4O2/c1-12-10-19(5-4-16-12)15(21)14(20)18-8-6-17(7-9-18)11-13-2-3-13/h12-13,16H,2-11H2,1H3/t12-/m0/s1. The minimum absolute atomic E-state index is 0.269. The Hall–Kier alpha value is -1.14. The van der Waals surface area contributed by atoms with Crippen LogP contribution in [-0.4, -0.2) is 84.9 Å². The van der Waals surface area contributed by atoms with Crippen molar-refractivity contribution in [2.75, 3.05) is 52.4 Å². The van der Waals surface area contributed by atoms with Crippen molar-refractivity contribution in [1.82, 2.24) is 20.0 Å². The van der Waals surface area contributed by atoms with Gasteiger partial charge in [0.2, 0.25) is 0 Å². The van der Waals surface area contributed by atoms with E-state index in [1.807, 2.05) is 6.92 Å². The summed E-state index contributed by atoms with van der Waals surface area (Å²) < 4.78 is 0. The zero-order valence-corrected chi connectivity index (χ0v) is 12.9. The number of nitrogens with one attached hydrogen (secondary N) is 1. The Balaban J connectivity index is 1.47. The molecule has 1 N–H and O–H groups in total. The average Bonchev–Trinajstić information content (AvgIpc) is 3.30. The van der Waals surface area contributed by atoms with E-state index in [2.05, 4.69) is 10.2 Å². The lowest BCUT2D eigenvalue weighted by atomic mass is 10.2. The van der Waals surface area contributed by atoms with Crippen LogP contribution >= 0.6 is 0 Å². The molecule has 2 amide bonds. The Morgan fingerprint density at radius 1 is 1.00 bits per heavy atom. The van der Waals surface area contributed by atoms with Crippen molar-refractivity contribution in [3.63, 3.8) is 0 Å². The van der Waals surface area contributed by atoms with Crippen molar-refractivity contribution in [3.05, 3.63) is 0 Å². The van der Waals surface area contributed by atoms with Crippen LogP contribution < -0.4 is 5.32 Å². The fourth-order valence-corrected chi connectivity index (χ4v) is 3.19. The predicted octanol–water partition coefficient (Wildman–Crippen LogP) is -0.639. The summed E-state index contributed by atoms with van der Waals surface area (Å²) in [5.74, 6) is 0.255. The second kappa shape index (κ2) is 6.32. The summed E-state index contributed by atoms with van der Waals surface area (Å²) in [5, 5.41) is 3.29. The zero-order valence-electron chi connectivity index (χ0n) is 12.9. The normalized spacial score (nSPS) is 27.8. The molecule has 1 atom stereocenters. The van der Waals surface area contributed by atoms with E-state index in [4.69, 9.17) is 0 Å². The molecular formula is C15H26N4O2. The van der Waals surface area contributed by atoms with Crippen LogP contribution in [0.4, 0.5) is 0 Å². The summed E-state index contributed by atoms with van der Waals surface area (Å²) >= 11 is 0. The van der Waals surface area contributed by atoms with Gasteiger partial charge in [-0.15, -0.1) is 0 Å². The molecule has 3 fully saturated rings. The van der Waals surface area contributed by atoms with Crippen molar-refractivity contribution in [3.8, 4) is 0 Å². The third-order valence-corrected chi connectivity index (χ3v) is 4.71. The second-order valence-electron chi connectivity index (χ2n) is 6.64. The number of carbonyl (C=O) groups excluding carboxylic acids is 2. The monoisotopic (exact) mass is 294 g/mol. The van der Waals surface area contributed by atoms with Gasteiger partial charge in [-0.2, -0.15) is 0 Å². The third kappa shape index (κ3) is 3.74. The topological polar surface area (TPSA) is 55.9 Å². The Kier molecular flexibility index (Phi) is 4.45. The van der Waals surface area contributed by atoms with E-state index in [-0.39, 0.29) is 17.9 Å². The van der Waals surface area contributed by atoms with E-state index in [0.29, 0.717) is 26.2 Å². The Morgan fingerprint density at radius 2 is 1.67 bits per heavy atom. The van der Waals surface area contributed by atoms with Crippen LogP contribution in [0.5, 0.6) is 0 Å². The van der Waals surface area contributed by atoms with Gasteiger partial charge in [0.05, 0.1) is 0 Å². The Bertz CT molecular complexity index is 402. The largest absolute Gasteiger partial charge is 0.332 e. The minimum atomic E-state index is -0.320. The molecule has 21 heavy (non-hydrogen) atoms. The number of rotatable bonds is 2. The highest BCUT2D eigenvalue weighted by atomic mass is 16.2. The molecular weight excluding hydrogens is 268 g/mol. The summed E-state index contributed by atoms with van der Waals surface area (Å²) in [7, 11) is 0. The molecule has 0 radical (unpaired) electrons. The van der Waals surface area contributed by atoms with Gasteiger partial charge >= 0.3 is 11.8 Å². The van der Waals surface area contributed by atoms with Gasteiger partial charge in [0.15, 0.2) is 0 Å². The Labute approximate surface area is 126 Å². The van der Waals surface area contributed by atoms with Crippen molar-refractivity contribution in [1.29, 1.82) is 0 Å². The van der Waals surface area contributed by atoms with Gasteiger partial charge in [-0.05, 0) is 25.7 Å². The molecule has 0 unspecified atom stereocenters. The van der Waals surface area contributed by atoms with Gasteiger partial charge in [-0.25, -0.2) is 0 Å². The minimum Gasteiger partial charge on any atom is -0.332 e. The maximum atomic E-state index is 12.3. The van der Waals surface area contributed by atoms with E-state index >= 15 is 0 Å². The number of piperazine rings is 2. The van der Waals surface area contributed by atoms with E-state index in [9.17, 15) is 9.59 Å². The summed E-state index contributed by atoms with van der Waals surface area (Å²) in [6.45, 7) is 8.46. The first-order valence-electron chi connectivity index (χ1n) is 8.17. The van der Waals surface area contributed by atoms with Crippen molar-refractivity contribution < 1.29 is 9.59 Å². The molecule has 6 heteroatoms. The van der Waals surface area contributed by atoms with Crippen LogP contribution in [0.1, 0.15) is 19.8 Å². The fourth-order valence-electron chi connectivity index (χ4n) is 3.19. The SMILES string of the molecule is C[C@H]1CN(C(=O)C(=O)N2CCN(CC3CC3)CC2)CCN1. The highest BCUT2D eigenvalue weighted by Crippen LogP contribution is 2.29. The van der Waals surface area contributed by atoms with E-state index in [0.717, 1.165) is 25.6 Å². The summed E-state index contributed by atoms with van der Waals surface area (Å²) in [4.78, 5) is 30.5. The lowest BCUT2D eigenvalue weighted by Crippen LogP contribution is -2.57. The molecule has 1 saturated carbocycles. The molecule has 2 heterocycles. The molecule has 6 nitrogen and oxygen atoms in total. The molecule has 118 valence electrons. The summed E-state index contributed by atoms with van der Waals surface area (Å²) in [5.41, 5.74) is 0. The van der Waals surface area contributed by atoms with Crippen LogP contribution in [0.25, 0.3) is 0 Å². The van der Waals surface area contributed by atoms with Crippen LogP contribution in [0.3, 0.4) is 0 Å². The van der Waals surface area contributed by atoms with Gasteiger partial charge in [0.25, 0.3) is 0 Å². The van der Waals surface area contributed by atoms with E-state index < -0.39 is 0 Å². The third-order valence-electron chi connectivity index (χ3n) is 4.71. The molecule has 0 bridgehead atoms. The van der Waals surface area contributed by atoms with Crippen molar-refractivity contribution in [2.24, 2.45) is 5.92 Å². The van der Waals surface area contributed by atoms with Crippen LogP contribution in [0, 0.1) is 5.92 Å². The number of hydrogen-bond acceptors (Lipinski definition) is 4. The predicted molar refractivity (Wildman–Crippen MR) is 79.8 cm³/mol. The maximum absolute atomic E-state index is 12.3. The smallest absolute Gasteiger partial charge is 0.312 e. The molecule has 2 saturated heterocycles. The van der Waals surface area contributed by atoms with Crippen LogP contribution in [0.15, 0.2) is 0 Å². The average molecular weight is 294 g/mol. The first-order chi connectivity index (χ1) is 10.1. The first kappa shape index (κ1) is 14.8. The van der Waals surface area contributed by atoms with E-state index in [1.165, 1.54) is 19.4 Å².